The molecule has 0 saturated carbocycles. The van der Waals surface area contributed by atoms with E-state index in [0.717, 1.165) is 15.6 Å². The second-order valence-corrected chi connectivity index (χ2v) is 9.65. The number of carbonyl (C=O) groups excluding carboxylic acids is 2. The minimum Gasteiger partial charge on any atom is -0.484 e. The monoisotopic (exact) mass is 540 g/mol. The first-order valence-corrected chi connectivity index (χ1v) is 12.3. The number of amides is 2. The zero-order valence-corrected chi connectivity index (χ0v) is 21.5. The topological polar surface area (TPSA) is 58.6 Å². The molecule has 0 saturated heterocycles. The van der Waals surface area contributed by atoms with Gasteiger partial charge < -0.3 is 15.0 Å². The lowest BCUT2D eigenvalue weighted by Gasteiger charge is -2.31. The van der Waals surface area contributed by atoms with Crippen LogP contribution in [0.15, 0.2) is 83.3 Å². The van der Waals surface area contributed by atoms with Gasteiger partial charge in [0.25, 0.3) is 5.91 Å². The normalized spacial score (nSPS) is 11.7. The Kier molecular flexibility index (Phi) is 9.85. The molecule has 3 aromatic carbocycles. The van der Waals surface area contributed by atoms with E-state index in [2.05, 4.69) is 21.2 Å². The lowest BCUT2D eigenvalue weighted by molar-refractivity contribution is -0.142. The molecular weight excluding hydrogens is 511 g/mol. The highest BCUT2D eigenvalue weighted by Crippen LogP contribution is 2.19. The minimum absolute atomic E-state index is 0.215. The number of hydrogen-bond donors (Lipinski definition) is 1. The molecule has 0 heterocycles. The second-order valence-electron chi connectivity index (χ2n) is 8.74. The first-order chi connectivity index (χ1) is 16.8. The lowest BCUT2D eigenvalue weighted by Crippen LogP contribution is -2.52. The third-order valence-corrected chi connectivity index (χ3v) is 5.87. The van der Waals surface area contributed by atoms with E-state index < -0.39 is 6.04 Å². The molecule has 7 heteroatoms. The Morgan fingerprint density at radius 1 is 0.971 bits per heavy atom. The summed E-state index contributed by atoms with van der Waals surface area (Å²) in [7, 11) is 0. The Balaban J connectivity index is 1.89. The van der Waals surface area contributed by atoms with Gasteiger partial charge in [-0.2, -0.15) is 0 Å². The summed E-state index contributed by atoms with van der Waals surface area (Å²) in [6.45, 7) is 4.51. The standard InChI is InChI=1S/C28H30BrFN2O3/c1-20(2)17-31-28(34)26(16-21-7-4-3-5-8-21)32(18-22-9-6-10-23(29)15-22)27(33)19-35-25-13-11-24(30)12-14-25/h3-15,20,26H,16-19H2,1-2H3,(H,31,34). The van der Waals surface area contributed by atoms with Gasteiger partial charge in [-0.25, -0.2) is 4.39 Å². The number of nitrogens with one attached hydrogen (secondary N) is 1. The molecule has 35 heavy (non-hydrogen) atoms. The molecule has 0 aliphatic heterocycles. The maximum atomic E-state index is 13.5. The van der Waals surface area contributed by atoms with Crippen LogP contribution in [0.4, 0.5) is 4.39 Å². The summed E-state index contributed by atoms with van der Waals surface area (Å²) in [5.74, 6) is -0.286. The van der Waals surface area contributed by atoms with Crippen molar-refractivity contribution in [2.75, 3.05) is 13.2 Å². The van der Waals surface area contributed by atoms with E-state index >= 15 is 0 Å². The van der Waals surface area contributed by atoms with E-state index in [9.17, 15) is 14.0 Å². The van der Waals surface area contributed by atoms with Crippen molar-refractivity contribution in [1.29, 1.82) is 0 Å². The van der Waals surface area contributed by atoms with E-state index in [1.165, 1.54) is 24.3 Å². The number of ether oxygens (including phenoxy) is 1. The van der Waals surface area contributed by atoms with Crippen LogP contribution in [0.2, 0.25) is 0 Å². The largest absolute Gasteiger partial charge is 0.484 e. The Bertz CT molecular complexity index is 1110. The van der Waals surface area contributed by atoms with Crippen LogP contribution in [0.25, 0.3) is 0 Å². The van der Waals surface area contributed by atoms with E-state index in [1.807, 2.05) is 68.4 Å². The predicted molar refractivity (Wildman–Crippen MR) is 138 cm³/mol. The van der Waals surface area contributed by atoms with Crippen molar-refractivity contribution < 1.29 is 18.7 Å². The summed E-state index contributed by atoms with van der Waals surface area (Å²) in [6.07, 6.45) is 0.362. The van der Waals surface area contributed by atoms with Crippen molar-refractivity contribution in [3.05, 3.63) is 100 Å². The molecule has 2 amide bonds. The van der Waals surface area contributed by atoms with Gasteiger partial charge in [0.2, 0.25) is 5.91 Å². The Labute approximate surface area is 214 Å². The van der Waals surface area contributed by atoms with Crippen molar-refractivity contribution in [2.24, 2.45) is 5.92 Å². The Morgan fingerprint density at radius 3 is 2.31 bits per heavy atom. The van der Waals surface area contributed by atoms with Crippen LogP contribution in [0.5, 0.6) is 5.75 Å². The van der Waals surface area contributed by atoms with Gasteiger partial charge in [-0.3, -0.25) is 9.59 Å². The predicted octanol–water partition coefficient (Wildman–Crippen LogP) is 5.38. The molecule has 0 spiro atoms. The smallest absolute Gasteiger partial charge is 0.261 e. The molecule has 0 bridgehead atoms. The lowest BCUT2D eigenvalue weighted by atomic mass is 10.0. The van der Waals surface area contributed by atoms with Crippen LogP contribution in [0.3, 0.4) is 0 Å². The second kappa shape index (κ2) is 13.0. The van der Waals surface area contributed by atoms with Crippen LogP contribution in [0, 0.1) is 11.7 Å². The van der Waals surface area contributed by atoms with Crippen molar-refractivity contribution in [3.8, 4) is 5.75 Å². The van der Waals surface area contributed by atoms with Crippen molar-refractivity contribution in [1.82, 2.24) is 10.2 Å². The third kappa shape index (κ3) is 8.51. The third-order valence-electron chi connectivity index (χ3n) is 5.37. The summed E-state index contributed by atoms with van der Waals surface area (Å²) in [6, 6.07) is 22.0. The maximum Gasteiger partial charge on any atom is 0.261 e. The Morgan fingerprint density at radius 2 is 1.66 bits per heavy atom. The number of rotatable bonds is 11. The summed E-state index contributed by atoms with van der Waals surface area (Å²) in [4.78, 5) is 28.4. The summed E-state index contributed by atoms with van der Waals surface area (Å²) in [5, 5.41) is 2.99. The number of carbonyl (C=O) groups is 2. The maximum absolute atomic E-state index is 13.5. The zero-order valence-electron chi connectivity index (χ0n) is 19.9. The molecule has 1 unspecified atom stereocenters. The Hall–Kier alpha value is -3.19. The molecule has 0 aliphatic carbocycles. The van der Waals surface area contributed by atoms with Gasteiger partial charge in [-0.05, 0) is 53.4 Å². The zero-order chi connectivity index (χ0) is 25.2. The molecule has 0 radical (unpaired) electrons. The molecule has 0 aliphatic rings. The highest BCUT2D eigenvalue weighted by molar-refractivity contribution is 9.10. The van der Waals surface area contributed by atoms with Gasteiger partial charge in [-0.1, -0.05) is 72.2 Å². The van der Waals surface area contributed by atoms with E-state index in [4.69, 9.17) is 4.74 Å². The van der Waals surface area contributed by atoms with Crippen molar-refractivity contribution in [3.63, 3.8) is 0 Å². The van der Waals surface area contributed by atoms with E-state index in [0.29, 0.717) is 18.7 Å². The highest BCUT2D eigenvalue weighted by atomic mass is 79.9. The SMILES string of the molecule is CC(C)CNC(=O)C(Cc1ccccc1)N(Cc1cccc(Br)c1)C(=O)COc1ccc(F)cc1. The van der Waals surface area contributed by atoms with Crippen molar-refractivity contribution in [2.45, 2.75) is 32.9 Å². The number of halogens is 2. The molecule has 184 valence electrons. The highest BCUT2D eigenvalue weighted by Gasteiger charge is 2.30. The first kappa shape index (κ1) is 26.4. The molecule has 3 aromatic rings. The van der Waals surface area contributed by atoms with Gasteiger partial charge >= 0.3 is 0 Å². The van der Waals surface area contributed by atoms with E-state index in [1.54, 1.807) is 4.90 Å². The number of nitrogens with zero attached hydrogens (tertiary/aromatic N) is 1. The van der Waals surface area contributed by atoms with Gasteiger partial charge in [0.15, 0.2) is 6.61 Å². The summed E-state index contributed by atoms with van der Waals surface area (Å²) >= 11 is 3.48. The number of hydrogen-bond acceptors (Lipinski definition) is 3. The molecular formula is C28H30BrFN2O3. The molecule has 1 atom stereocenters. The minimum atomic E-state index is -0.737. The number of benzene rings is 3. The van der Waals surface area contributed by atoms with Gasteiger partial charge in [0.1, 0.15) is 17.6 Å². The molecule has 0 fully saturated rings. The summed E-state index contributed by atoms with van der Waals surface area (Å²) < 4.78 is 19.8. The average Bonchev–Trinajstić information content (AvgIpc) is 2.85. The van der Waals surface area contributed by atoms with Crippen LogP contribution in [0.1, 0.15) is 25.0 Å². The van der Waals surface area contributed by atoms with Crippen LogP contribution < -0.4 is 10.1 Å². The molecule has 5 nitrogen and oxygen atoms in total. The molecule has 1 N–H and O–H groups in total. The van der Waals surface area contributed by atoms with Crippen molar-refractivity contribution >= 4 is 27.7 Å². The first-order valence-electron chi connectivity index (χ1n) is 11.6. The molecule has 0 aromatic heterocycles. The summed E-state index contributed by atoms with van der Waals surface area (Å²) in [5.41, 5.74) is 1.83. The fraction of sp³-hybridized carbons (Fsp3) is 0.286. The van der Waals surface area contributed by atoms with Gasteiger partial charge in [-0.15, -0.1) is 0 Å². The van der Waals surface area contributed by atoms with Crippen LogP contribution in [-0.4, -0.2) is 35.9 Å². The fourth-order valence-corrected chi connectivity index (χ4v) is 4.01. The molecule has 3 rings (SSSR count). The van der Waals surface area contributed by atoms with Gasteiger partial charge in [0, 0.05) is 24.0 Å². The van der Waals surface area contributed by atoms with Crippen LogP contribution in [-0.2, 0) is 22.6 Å². The fourth-order valence-electron chi connectivity index (χ4n) is 3.57. The van der Waals surface area contributed by atoms with Crippen LogP contribution >= 0.6 is 15.9 Å². The quantitative estimate of drug-likeness (QED) is 0.355. The van der Waals surface area contributed by atoms with Gasteiger partial charge in [0.05, 0.1) is 0 Å². The van der Waals surface area contributed by atoms with E-state index in [-0.39, 0.29) is 36.7 Å². The average molecular weight is 541 g/mol.